The van der Waals surface area contributed by atoms with E-state index in [0.717, 1.165) is 22.4 Å². The van der Waals surface area contributed by atoms with Crippen LogP contribution in [0.3, 0.4) is 0 Å². The molecule has 0 bridgehead atoms. The summed E-state index contributed by atoms with van der Waals surface area (Å²) in [5.74, 6) is 0. The molecule has 2 aromatic rings. The highest BCUT2D eigenvalue weighted by atomic mass is 32.2. The highest BCUT2D eigenvalue weighted by Gasteiger charge is 2.33. The van der Waals surface area contributed by atoms with Crippen LogP contribution in [0.25, 0.3) is 5.70 Å². The Kier molecular flexibility index (Phi) is 4.00. The van der Waals surface area contributed by atoms with E-state index in [1.165, 1.54) is 16.2 Å². The second kappa shape index (κ2) is 5.83. The van der Waals surface area contributed by atoms with E-state index in [1.807, 2.05) is 68.5 Å². The van der Waals surface area contributed by atoms with Crippen LogP contribution in [0.4, 0.5) is 0 Å². The van der Waals surface area contributed by atoms with Gasteiger partial charge in [-0.15, -0.1) is 4.41 Å². The Morgan fingerprint density at radius 3 is 1.96 bits per heavy atom. The van der Waals surface area contributed by atoms with Crippen LogP contribution in [0.1, 0.15) is 28.3 Å². The van der Waals surface area contributed by atoms with Gasteiger partial charge < -0.3 is 5.43 Å². The van der Waals surface area contributed by atoms with Gasteiger partial charge in [-0.2, -0.15) is 0 Å². The van der Waals surface area contributed by atoms with E-state index >= 15 is 0 Å². The lowest BCUT2D eigenvalue weighted by Gasteiger charge is -2.23. The maximum absolute atomic E-state index is 12.1. The van der Waals surface area contributed by atoms with E-state index in [4.69, 9.17) is 0 Å². The van der Waals surface area contributed by atoms with Gasteiger partial charge in [-0.1, -0.05) is 59.7 Å². The van der Waals surface area contributed by atoms with E-state index in [0.29, 0.717) is 0 Å². The molecule has 0 amide bonds. The lowest BCUT2D eigenvalue weighted by molar-refractivity contribution is 0.351. The van der Waals surface area contributed by atoms with Crippen LogP contribution in [0.2, 0.25) is 0 Å². The number of nitrogens with zero attached hydrogens (tertiary/aromatic N) is 1. The summed E-state index contributed by atoms with van der Waals surface area (Å²) in [6, 6.07) is 15.6. The van der Waals surface area contributed by atoms with Gasteiger partial charge in [0.2, 0.25) is 10.0 Å². The topological polar surface area (TPSA) is 49.4 Å². The van der Waals surface area contributed by atoms with E-state index in [9.17, 15) is 8.42 Å². The average molecular weight is 328 g/mol. The normalized spacial score (nSPS) is 18.6. The van der Waals surface area contributed by atoms with Gasteiger partial charge >= 0.3 is 0 Å². The molecular weight excluding hydrogens is 308 g/mol. The first-order valence-electron chi connectivity index (χ1n) is 7.46. The standard InChI is InChI=1S/C18H20N2O2S/c1-13-4-8-15(9-5-13)17-12-18(20(19-17)23(3,21)22)16-10-6-14(2)7-11-16/h4-12,18-19H,1-3H3. The first kappa shape index (κ1) is 15.8. The highest BCUT2D eigenvalue weighted by molar-refractivity contribution is 7.88. The van der Waals surface area contributed by atoms with Gasteiger partial charge in [0, 0.05) is 0 Å². The Labute approximate surface area is 137 Å². The molecule has 1 aliphatic rings. The molecule has 0 saturated carbocycles. The first-order valence-corrected chi connectivity index (χ1v) is 9.31. The summed E-state index contributed by atoms with van der Waals surface area (Å²) in [6.07, 6.45) is 3.17. The predicted octanol–water partition coefficient (Wildman–Crippen LogP) is 3.17. The summed E-state index contributed by atoms with van der Waals surface area (Å²) >= 11 is 0. The van der Waals surface area contributed by atoms with Gasteiger partial charge in [0.05, 0.1) is 18.0 Å². The van der Waals surface area contributed by atoms with Crippen molar-refractivity contribution in [2.45, 2.75) is 19.9 Å². The number of rotatable bonds is 3. The van der Waals surface area contributed by atoms with Gasteiger partial charge in [0.1, 0.15) is 0 Å². The Morgan fingerprint density at radius 1 is 0.913 bits per heavy atom. The molecule has 5 heteroatoms. The molecule has 0 spiro atoms. The monoisotopic (exact) mass is 328 g/mol. The molecule has 0 aliphatic carbocycles. The molecule has 3 rings (SSSR count). The van der Waals surface area contributed by atoms with Crippen molar-refractivity contribution in [1.82, 2.24) is 9.84 Å². The largest absolute Gasteiger partial charge is 0.304 e. The van der Waals surface area contributed by atoms with Gasteiger partial charge in [-0.25, -0.2) is 8.42 Å². The molecule has 1 N–H and O–H groups in total. The number of hydrazine groups is 1. The molecule has 1 aliphatic heterocycles. The number of aryl methyl sites for hydroxylation is 2. The molecule has 1 unspecified atom stereocenters. The summed E-state index contributed by atoms with van der Waals surface area (Å²) in [7, 11) is -3.39. The summed E-state index contributed by atoms with van der Waals surface area (Å²) in [4.78, 5) is 0. The van der Waals surface area contributed by atoms with Crippen LogP contribution in [0.15, 0.2) is 54.6 Å². The van der Waals surface area contributed by atoms with Gasteiger partial charge in [-0.05, 0) is 31.1 Å². The Bertz CT molecular complexity index is 838. The maximum Gasteiger partial charge on any atom is 0.228 e. The molecular formula is C18H20N2O2S. The van der Waals surface area contributed by atoms with E-state index in [1.54, 1.807) is 0 Å². The van der Waals surface area contributed by atoms with E-state index in [-0.39, 0.29) is 6.04 Å². The minimum atomic E-state index is -3.39. The third kappa shape index (κ3) is 3.30. The summed E-state index contributed by atoms with van der Waals surface area (Å²) in [5, 5.41) is 0. The van der Waals surface area contributed by atoms with E-state index < -0.39 is 10.0 Å². The van der Waals surface area contributed by atoms with Gasteiger partial charge in [0.15, 0.2) is 0 Å². The summed E-state index contributed by atoms with van der Waals surface area (Å²) in [6.45, 7) is 4.04. The van der Waals surface area contributed by atoms with Crippen LogP contribution in [0.5, 0.6) is 0 Å². The Morgan fingerprint density at radius 2 is 1.43 bits per heavy atom. The smallest absolute Gasteiger partial charge is 0.228 e. The molecule has 120 valence electrons. The van der Waals surface area contributed by atoms with Crippen LogP contribution >= 0.6 is 0 Å². The Balaban J connectivity index is 2.02. The summed E-state index contributed by atoms with van der Waals surface area (Å²) < 4.78 is 25.6. The lowest BCUT2D eigenvalue weighted by atomic mass is 10.0. The van der Waals surface area contributed by atoms with Crippen LogP contribution in [-0.2, 0) is 10.0 Å². The molecule has 0 radical (unpaired) electrons. The summed E-state index contributed by atoms with van der Waals surface area (Å²) in [5.41, 5.74) is 8.07. The third-order valence-corrected chi connectivity index (χ3v) is 4.98. The van der Waals surface area contributed by atoms with Crippen molar-refractivity contribution in [3.63, 3.8) is 0 Å². The zero-order valence-corrected chi connectivity index (χ0v) is 14.3. The zero-order valence-electron chi connectivity index (χ0n) is 13.4. The molecule has 0 fully saturated rings. The molecule has 1 heterocycles. The second-order valence-electron chi connectivity index (χ2n) is 5.97. The quantitative estimate of drug-likeness (QED) is 0.941. The van der Waals surface area contributed by atoms with Gasteiger partial charge in [-0.3, -0.25) is 0 Å². The van der Waals surface area contributed by atoms with Gasteiger partial charge in [0.25, 0.3) is 0 Å². The molecule has 1 atom stereocenters. The number of nitrogens with one attached hydrogen (secondary N) is 1. The molecule has 0 aromatic heterocycles. The minimum absolute atomic E-state index is 0.345. The fraction of sp³-hybridized carbons (Fsp3) is 0.222. The highest BCUT2D eigenvalue weighted by Crippen LogP contribution is 2.33. The molecule has 23 heavy (non-hydrogen) atoms. The lowest BCUT2D eigenvalue weighted by Crippen LogP contribution is -2.38. The van der Waals surface area contributed by atoms with Crippen molar-refractivity contribution in [2.24, 2.45) is 0 Å². The van der Waals surface area contributed by atoms with Crippen molar-refractivity contribution >= 4 is 15.7 Å². The van der Waals surface area contributed by atoms with Crippen LogP contribution in [0, 0.1) is 13.8 Å². The predicted molar refractivity (Wildman–Crippen MR) is 92.9 cm³/mol. The van der Waals surface area contributed by atoms with Crippen molar-refractivity contribution in [1.29, 1.82) is 0 Å². The van der Waals surface area contributed by atoms with Crippen molar-refractivity contribution in [2.75, 3.05) is 6.26 Å². The number of hydrogen-bond donors (Lipinski definition) is 1. The fourth-order valence-corrected chi connectivity index (χ4v) is 3.49. The molecule has 0 saturated heterocycles. The Hall–Kier alpha value is -2.11. The molecule has 4 nitrogen and oxygen atoms in total. The van der Waals surface area contributed by atoms with Crippen LogP contribution in [-0.4, -0.2) is 19.1 Å². The van der Waals surface area contributed by atoms with Crippen molar-refractivity contribution in [3.05, 3.63) is 76.9 Å². The van der Waals surface area contributed by atoms with E-state index in [2.05, 4.69) is 5.43 Å². The van der Waals surface area contributed by atoms with Crippen molar-refractivity contribution in [3.8, 4) is 0 Å². The first-order chi connectivity index (χ1) is 10.8. The number of benzene rings is 2. The molecule has 2 aromatic carbocycles. The van der Waals surface area contributed by atoms with Crippen molar-refractivity contribution < 1.29 is 8.42 Å². The zero-order chi connectivity index (χ0) is 16.6. The second-order valence-corrected chi connectivity index (χ2v) is 7.83. The SMILES string of the molecule is Cc1ccc(C2=CC(c3ccc(C)cc3)N(S(C)(=O)=O)N2)cc1. The minimum Gasteiger partial charge on any atom is -0.304 e. The number of sulfonamides is 1. The average Bonchev–Trinajstić information content (AvgIpc) is 2.94. The van der Waals surface area contributed by atoms with Crippen LogP contribution < -0.4 is 5.43 Å². The number of hydrogen-bond acceptors (Lipinski definition) is 3. The fourth-order valence-electron chi connectivity index (χ4n) is 2.63. The third-order valence-electron chi connectivity index (χ3n) is 3.95. The maximum atomic E-state index is 12.1.